The van der Waals surface area contributed by atoms with Crippen molar-refractivity contribution in [2.75, 3.05) is 0 Å². The van der Waals surface area contributed by atoms with Crippen molar-refractivity contribution < 1.29 is 17.1 Å². The van der Waals surface area contributed by atoms with E-state index in [0.29, 0.717) is 0 Å². The third-order valence-corrected chi connectivity index (χ3v) is 0. The van der Waals surface area contributed by atoms with Gasteiger partial charge in [0.25, 0.3) is 0 Å². The zero-order chi connectivity index (χ0) is 0. The summed E-state index contributed by atoms with van der Waals surface area (Å²) in [6, 6.07) is 0. The standard InChI is InChI=1S/Mn.6H3N/h;6*1H3. The zero-order valence-electron chi connectivity index (χ0n) is 4.62. The monoisotopic (exact) mass is 157 g/mol. The molecule has 18 N–H and O–H groups in total. The predicted octanol–water partition coefficient (Wildman–Crippen LogP) is 0.969. The second-order valence-corrected chi connectivity index (χ2v) is 0. The first-order valence-electron chi connectivity index (χ1n) is 0. The summed E-state index contributed by atoms with van der Waals surface area (Å²) in [5.74, 6) is 0. The van der Waals surface area contributed by atoms with Crippen LogP contribution in [-0.4, -0.2) is 0 Å². The van der Waals surface area contributed by atoms with Crippen LogP contribution in [0.25, 0.3) is 0 Å². The third-order valence-electron chi connectivity index (χ3n) is 0. The fraction of sp³-hybridized carbons (Fsp3) is 0. The van der Waals surface area contributed by atoms with E-state index in [0.717, 1.165) is 0 Å². The average molecular weight is 157 g/mol. The van der Waals surface area contributed by atoms with Gasteiger partial charge in [-0.15, -0.1) is 0 Å². The molecule has 0 unspecified atom stereocenters. The predicted molar refractivity (Wildman–Crippen MR) is 30.1 cm³/mol. The van der Waals surface area contributed by atoms with Crippen LogP contribution < -0.4 is 36.9 Å². The Balaban J connectivity index is 0. The fourth-order valence-corrected chi connectivity index (χ4v) is 0. The summed E-state index contributed by atoms with van der Waals surface area (Å²) in [7, 11) is 0. The molecule has 0 aromatic heterocycles. The van der Waals surface area contributed by atoms with Gasteiger partial charge < -0.3 is 36.9 Å². The summed E-state index contributed by atoms with van der Waals surface area (Å²) in [5.41, 5.74) is 0. The van der Waals surface area contributed by atoms with Crippen LogP contribution in [0.3, 0.4) is 0 Å². The summed E-state index contributed by atoms with van der Waals surface area (Å²) in [4.78, 5) is 0. The first kappa shape index (κ1) is 3670. The summed E-state index contributed by atoms with van der Waals surface area (Å²) in [6.45, 7) is 0. The minimum absolute atomic E-state index is 0. The van der Waals surface area contributed by atoms with E-state index in [1.54, 1.807) is 0 Å². The molecule has 0 aromatic rings. The van der Waals surface area contributed by atoms with Crippen molar-refractivity contribution >= 4 is 0 Å². The average Bonchev–Trinajstić information content (AvgIpc) is 0. The van der Waals surface area contributed by atoms with Gasteiger partial charge in [0.2, 0.25) is 0 Å². The van der Waals surface area contributed by atoms with E-state index in [1.807, 2.05) is 0 Å². The maximum atomic E-state index is 0. The van der Waals surface area contributed by atoms with Crippen LogP contribution in [0, 0.1) is 0 Å². The van der Waals surface area contributed by atoms with E-state index in [1.165, 1.54) is 0 Å². The normalized spacial score (nSPS) is 0. The van der Waals surface area contributed by atoms with Gasteiger partial charge in [0, 0.05) is 17.1 Å². The Kier molecular flexibility index (Phi) is 1180000. The number of rotatable bonds is 0. The molecule has 0 fully saturated rings. The van der Waals surface area contributed by atoms with Gasteiger partial charge >= 0.3 is 0 Å². The van der Waals surface area contributed by atoms with Crippen molar-refractivity contribution in [1.29, 1.82) is 0 Å². The molecule has 7 heteroatoms. The molecule has 0 aliphatic carbocycles. The van der Waals surface area contributed by atoms with Gasteiger partial charge in [-0.05, 0) is 0 Å². The van der Waals surface area contributed by atoms with E-state index in [4.69, 9.17) is 0 Å². The zero-order valence-corrected chi connectivity index (χ0v) is 5.80. The molecule has 0 saturated heterocycles. The maximum Gasteiger partial charge on any atom is 0 e. The van der Waals surface area contributed by atoms with Gasteiger partial charge in [-0.25, -0.2) is 0 Å². The molecule has 0 aliphatic rings. The summed E-state index contributed by atoms with van der Waals surface area (Å²) in [5, 5.41) is 0. The summed E-state index contributed by atoms with van der Waals surface area (Å²) < 4.78 is 0. The van der Waals surface area contributed by atoms with Crippen LogP contribution in [0.5, 0.6) is 0 Å². The second-order valence-electron chi connectivity index (χ2n) is 0. The Morgan fingerprint density at radius 1 is 0.286 bits per heavy atom. The van der Waals surface area contributed by atoms with E-state index < -0.39 is 0 Å². The molecule has 6 nitrogen and oxygen atoms in total. The maximum absolute atomic E-state index is 0. The molecule has 0 rings (SSSR count). The topological polar surface area (TPSA) is 210 Å². The molecule has 0 bridgehead atoms. The molecular weight excluding hydrogens is 139 g/mol. The first-order chi connectivity index (χ1) is 0. The number of hydrogen-bond donors (Lipinski definition) is 6. The van der Waals surface area contributed by atoms with E-state index in [-0.39, 0.29) is 54.0 Å². The quantitative estimate of drug-likeness (QED) is 0.281. The first-order valence-corrected chi connectivity index (χ1v) is 0. The minimum Gasteiger partial charge on any atom is -0.344 e. The van der Waals surface area contributed by atoms with Crippen molar-refractivity contribution in [3.8, 4) is 0 Å². The van der Waals surface area contributed by atoms with Crippen molar-refractivity contribution in [3.05, 3.63) is 0 Å². The van der Waals surface area contributed by atoms with Crippen molar-refractivity contribution in [1.82, 2.24) is 36.9 Å². The van der Waals surface area contributed by atoms with Gasteiger partial charge in [-0.3, -0.25) is 0 Å². The minimum atomic E-state index is 0. The van der Waals surface area contributed by atoms with Crippen LogP contribution in [0.2, 0.25) is 0 Å². The SMILES string of the molecule is N.N.N.N.N.N.[Mn]. The van der Waals surface area contributed by atoms with Gasteiger partial charge in [0.1, 0.15) is 0 Å². The Bertz CT molecular complexity index is 4.14. The molecule has 0 saturated carbocycles. The Morgan fingerprint density at radius 2 is 0.286 bits per heavy atom. The van der Waals surface area contributed by atoms with Crippen LogP contribution in [0.4, 0.5) is 0 Å². The Hall–Kier alpha value is 0.279. The smallest absolute Gasteiger partial charge is 0 e. The largest absolute Gasteiger partial charge is 0.344 e. The molecule has 0 atom stereocenters. The second kappa shape index (κ2) is 2240. The summed E-state index contributed by atoms with van der Waals surface area (Å²) >= 11 is 0. The molecule has 0 aliphatic heterocycles. The molecule has 0 spiro atoms. The molecule has 55 valence electrons. The van der Waals surface area contributed by atoms with Crippen molar-refractivity contribution in [2.45, 2.75) is 0 Å². The summed E-state index contributed by atoms with van der Waals surface area (Å²) in [6.07, 6.45) is 0. The van der Waals surface area contributed by atoms with Crippen molar-refractivity contribution in [3.63, 3.8) is 0 Å². The molecule has 0 aromatic carbocycles. The molecule has 1 radical (unpaired) electrons. The van der Waals surface area contributed by atoms with Gasteiger partial charge in [0.15, 0.2) is 0 Å². The number of hydrogen-bond acceptors (Lipinski definition) is 6. The van der Waals surface area contributed by atoms with Crippen LogP contribution in [0.15, 0.2) is 0 Å². The van der Waals surface area contributed by atoms with E-state index >= 15 is 0 Å². The van der Waals surface area contributed by atoms with Gasteiger partial charge in [0.05, 0.1) is 0 Å². The molecular formula is H18MnN6. The van der Waals surface area contributed by atoms with E-state index in [2.05, 4.69) is 0 Å². The van der Waals surface area contributed by atoms with Crippen molar-refractivity contribution in [2.24, 2.45) is 0 Å². The molecule has 0 heterocycles. The fourth-order valence-electron chi connectivity index (χ4n) is 0. The third kappa shape index (κ3) is 1470. The molecule has 7 heavy (non-hydrogen) atoms. The van der Waals surface area contributed by atoms with Gasteiger partial charge in [-0.2, -0.15) is 0 Å². The van der Waals surface area contributed by atoms with Crippen LogP contribution >= 0.6 is 0 Å². The van der Waals surface area contributed by atoms with Gasteiger partial charge in [-0.1, -0.05) is 0 Å². The van der Waals surface area contributed by atoms with E-state index in [9.17, 15) is 0 Å². The Labute approximate surface area is 54.8 Å². The Morgan fingerprint density at radius 3 is 0.286 bits per heavy atom. The molecule has 0 amide bonds. The van der Waals surface area contributed by atoms with Crippen LogP contribution in [0.1, 0.15) is 0 Å². The van der Waals surface area contributed by atoms with Crippen LogP contribution in [-0.2, 0) is 17.1 Å².